The Labute approximate surface area is 122 Å². The van der Waals surface area contributed by atoms with Crippen molar-refractivity contribution < 1.29 is 4.92 Å². The zero-order valence-corrected chi connectivity index (χ0v) is 11.5. The first kappa shape index (κ1) is 13.3. The number of nitro benzene ring substituents is 1. The topological polar surface area (TPSA) is 66.9 Å². The molecule has 1 unspecified atom stereocenters. The highest BCUT2D eigenvalue weighted by atomic mass is 16.6. The van der Waals surface area contributed by atoms with Crippen LogP contribution < -0.4 is 0 Å². The molecule has 3 rings (SSSR count). The summed E-state index contributed by atoms with van der Waals surface area (Å²) >= 11 is 0. The SMILES string of the molecule is N#CC1(Cc2cccc([N+](=O)[O-])c2)CCc2ccccc21. The smallest absolute Gasteiger partial charge is 0.258 e. The van der Waals surface area contributed by atoms with Crippen molar-refractivity contribution in [3.8, 4) is 6.07 Å². The van der Waals surface area contributed by atoms with Gasteiger partial charge in [-0.3, -0.25) is 10.1 Å². The first-order chi connectivity index (χ1) is 10.1. The molecule has 104 valence electrons. The first-order valence-electron chi connectivity index (χ1n) is 6.88. The Morgan fingerprint density at radius 1 is 1.24 bits per heavy atom. The molecule has 0 saturated heterocycles. The van der Waals surface area contributed by atoms with E-state index in [2.05, 4.69) is 12.1 Å². The van der Waals surface area contributed by atoms with Crippen molar-refractivity contribution in [2.24, 2.45) is 0 Å². The lowest BCUT2D eigenvalue weighted by molar-refractivity contribution is -0.384. The van der Waals surface area contributed by atoms with Gasteiger partial charge >= 0.3 is 0 Å². The molecule has 1 aliphatic rings. The largest absolute Gasteiger partial charge is 0.269 e. The van der Waals surface area contributed by atoms with E-state index in [1.165, 1.54) is 11.6 Å². The van der Waals surface area contributed by atoms with Crippen LogP contribution in [-0.2, 0) is 18.3 Å². The highest BCUT2D eigenvalue weighted by Crippen LogP contribution is 2.41. The first-order valence-corrected chi connectivity index (χ1v) is 6.88. The third kappa shape index (κ3) is 2.27. The Kier molecular flexibility index (Phi) is 3.19. The molecule has 4 nitrogen and oxygen atoms in total. The third-order valence-corrected chi connectivity index (χ3v) is 4.20. The molecule has 4 heteroatoms. The number of non-ortho nitro benzene ring substituents is 1. The Morgan fingerprint density at radius 3 is 2.81 bits per heavy atom. The van der Waals surface area contributed by atoms with Crippen molar-refractivity contribution in [2.75, 3.05) is 0 Å². The lowest BCUT2D eigenvalue weighted by Gasteiger charge is -2.22. The minimum absolute atomic E-state index is 0.0758. The molecule has 0 radical (unpaired) electrons. The maximum Gasteiger partial charge on any atom is 0.269 e. The highest BCUT2D eigenvalue weighted by Gasteiger charge is 2.39. The van der Waals surface area contributed by atoms with Crippen molar-refractivity contribution in [1.29, 1.82) is 5.26 Å². The van der Waals surface area contributed by atoms with Crippen molar-refractivity contribution in [3.63, 3.8) is 0 Å². The van der Waals surface area contributed by atoms with Crippen LogP contribution in [0.2, 0.25) is 0 Å². The summed E-state index contributed by atoms with van der Waals surface area (Å²) in [7, 11) is 0. The molecule has 21 heavy (non-hydrogen) atoms. The van der Waals surface area contributed by atoms with E-state index in [1.807, 2.05) is 24.3 Å². The summed E-state index contributed by atoms with van der Waals surface area (Å²) in [6.45, 7) is 0. The van der Waals surface area contributed by atoms with Crippen molar-refractivity contribution >= 4 is 5.69 Å². The van der Waals surface area contributed by atoms with Gasteiger partial charge < -0.3 is 0 Å². The quantitative estimate of drug-likeness (QED) is 0.637. The van der Waals surface area contributed by atoms with Gasteiger partial charge in [0.2, 0.25) is 0 Å². The van der Waals surface area contributed by atoms with Crippen LogP contribution in [0.4, 0.5) is 5.69 Å². The summed E-state index contributed by atoms with van der Waals surface area (Å²) in [6.07, 6.45) is 2.17. The van der Waals surface area contributed by atoms with Gasteiger partial charge in [0.15, 0.2) is 0 Å². The molecule has 0 N–H and O–H groups in total. The van der Waals surface area contributed by atoms with Crippen molar-refractivity contribution in [3.05, 3.63) is 75.3 Å². The number of nitro groups is 1. The van der Waals surface area contributed by atoms with Crippen LogP contribution in [0.15, 0.2) is 48.5 Å². The lowest BCUT2D eigenvalue weighted by atomic mass is 9.78. The molecule has 0 fully saturated rings. The number of nitrogens with zero attached hydrogens (tertiary/aromatic N) is 2. The van der Waals surface area contributed by atoms with Gasteiger partial charge in [0.1, 0.15) is 0 Å². The summed E-state index contributed by atoms with van der Waals surface area (Å²) in [6, 6.07) is 17.0. The number of nitriles is 1. The molecule has 0 heterocycles. The van der Waals surface area contributed by atoms with E-state index in [4.69, 9.17) is 0 Å². The van der Waals surface area contributed by atoms with Crippen LogP contribution in [0.5, 0.6) is 0 Å². The van der Waals surface area contributed by atoms with E-state index in [1.54, 1.807) is 12.1 Å². The summed E-state index contributed by atoms with van der Waals surface area (Å²) < 4.78 is 0. The van der Waals surface area contributed by atoms with E-state index in [0.29, 0.717) is 6.42 Å². The number of hydrogen-bond donors (Lipinski definition) is 0. The number of benzene rings is 2. The minimum Gasteiger partial charge on any atom is -0.258 e. The van der Waals surface area contributed by atoms with E-state index >= 15 is 0 Å². The molecule has 0 amide bonds. The van der Waals surface area contributed by atoms with E-state index in [-0.39, 0.29) is 5.69 Å². The molecule has 0 saturated carbocycles. The fourth-order valence-corrected chi connectivity index (χ4v) is 3.16. The van der Waals surface area contributed by atoms with Gasteiger partial charge in [-0.1, -0.05) is 36.4 Å². The predicted molar refractivity (Wildman–Crippen MR) is 78.9 cm³/mol. The fraction of sp³-hybridized carbons (Fsp3) is 0.235. The summed E-state index contributed by atoms with van der Waals surface area (Å²) in [5.74, 6) is 0. The molecule has 2 aromatic carbocycles. The molecular formula is C17H14N2O2. The number of rotatable bonds is 3. The Balaban J connectivity index is 1.99. The molecule has 0 spiro atoms. The molecule has 0 aromatic heterocycles. The van der Waals surface area contributed by atoms with Gasteiger partial charge in [-0.2, -0.15) is 5.26 Å². The maximum absolute atomic E-state index is 10.9. The molecule has 0 aliphatic heterocycles. The molecular weight excluding hydrogens is 264 g/mol. The number of hydrogen-bond acceptors (Lipinski definition) is 3. The normalized spacial score (nSPS) is 19.8. The molecule has 1 aliphatic carbocycles. The zero-order chi connectivity index (χ0) is 14.9. The molecule has 0 bridgehead atoms. The second-order valence-electron chi connectivity index (χ2n) is 5.45. The summed E-state index contributed by atoms with van der Waals surface area (Å²) in [5.41, 5.74) is 2.63. The fourth-order valence-electron chi connectivity index (χ4n) is 3.16. The van der Waals surface area contributed by atoms with Gasteiger partial charge in [0.05, 0.1) is 16.4 Å². The van der Waals surface area contributed by atoms with Gasteiger partial charge in [-0.25, -0.2) is 0 Å². The van der Waals surface area contributed by atoms with Gasteiger partial charge in [0.25, 0.3) is 5.69 Å². The highest BCUT2D eigenvalue weighted by molar-refractivity contribution is 5.46. The van der Waals surface area contributed by atoms with Gasteiger partial charge in [-0.15, -0.1) is 0 Å². The standard InChI is InChI=1S/C17H14N2O2/c18-12-17(9-8-14-5-1-2-7-16(14)17)11-13-4-3-6-15(10-13)19(20)21/h1-7,10H,8-9,11H2. The summed E-state index contributed by atoms with van der Waals surface area (Å²) in [5, 5.41) is 20.6. The zero-order valence-electron chi connectivity index (χ0n) is 11.5. The van der Waals surface area contributed by atoms with E-state index in [0.717, 1.165) is 24.0 Å². The van der Waals surface area contributed by atoms with Gasteiger partial charge in [-0.05, 0) is 36.0 Å². The van der Waals surface area contributed by atoms with Crippen LogP contribution >= 0.6 is 0 Å². The Morgan fingerprint density at radius 2 is 2.05 bits per heavy atom. The minimum atomic E-state index is -0.564. The van der Waals surface area contributed by atoms with Crippen LogP contribution in [0.25, 0.3) is 0 Å². The van der Waals surface area contributed by atoms with Gasteiger partial charge in [0, 0.05) is 12.1 Å². The third-order valence-electron chi connectivity index (χ3n) is 4.20. The average molecular weight is 278 g/mol. The van der Waals surface area contributed by atoms with Crippen LogP contribution in [0.1, 0.15) is 23.1 Å². The average Bonchev–Trinajstić information content (AvgIpc) is 2.87. The van der Waals surface area contributed by atoms with E-state index in [9.17, 15) is 15.4 Å². The Bertz CT molecular complexity index is 748. The second-order valence-corrected chi connectivity index (χ2v) is 5.45. The van der Waals surface area contributed by atoms with Crippen molar-refractivity contribution in [2.45, 2.75) is 24.7 Å². The van der Waals surface area contributed by atoms with E-state index < -0.39 is 10.3 Å². The molecule has 1 atom stereocenters. The Hall–Kier alpha value is -2.67. The number of fused-ring (bicyclic) bond motifs is 1. The number of aryl methyl sites for hydroxylation is 1. The van der Waals surface area contributed by atoms with Crippen LogP contribution in [0.3, 0.4) is 0 Å². The second kappa shape index (κ2) is 5.02. The van der Waals surface area contributed by atoms with Crippen LogP contribution in [-0.4, -0.2) is 4.92 Å². The predicted octanol–water partition coefficient (Wildman–Crippen LogP) is 3.55. The summed E-state index contributed by atoms with van der Waals surface area (Å²) in [4.78, 5) is 10.5. The maximum atomic E-state index is 10.9. The monoisotopic (exact) mass is 278 g/mol. The van der Waals surface area contributed by atoms with Crippen molar-refractivity contribution in [1.82, 2.24) is 0 Å². The molecule has 2 aromatic rings. The van der Waals surface area contributed by atoms with Crippen LogP contribution in [0, 0.1) is 21.4 Å². The lowest BCUT2D eigenvalue weighted by Crippen LogP contribution is -2.23.